The second kappa shape index (κ2) is 20.5. The highest BCUT2D eigenvalue weighted by atomic mass is 16.7. The summed E-state index contributed by atoms with van der Waals surface area (Å²) >= 11 is 0. The van der Waals surface area contributed by atoms with Gasteiger partial charge in [0, 0.05) is 123 Å². The first kappa shape index (κ1) is 52.7. The minimum Gasteiger partial charge on any atom is -0.507 e. The van der Waals surface area contributed by atoms with E-state index in [1.165, 1.54) is 20.3 Å². The molecule has 17 heteroatoms. The largest absolute Gasteiger partial charge is 0.507 e. The number of ketones is 1. The lowest BCUT2D eigenvalue weighted by atomic mass is 9.78. The number of nitrogens with one attached hydrogen (secondary N) is 2. The minimum absolute atomic E-state index is 0.00385. The number of nitrogens with zero attached hydrogens (tertiary/aromatic N) is 4. The van der Waals surface area contributed by atoms with Crippen molar-refractivity contribution in [3.63, 3.8) is 0 Å². The molecule has 396 valence electrons. The molecule has 9 atom stereocenters. The van der Waals surface area contributed by atoms with E-state index < -0.39 is 82.9 Å². The average molecular weight is 1020 g/mol. The van der Waals surface area contributed by atoms with Crippen LogP contribution in [-0.4, -0.2) is 129 Å². The zero-order valence-corrected chi connectivity index (χ0v) is 44.2. The number of likely N-dealkylation sites (tertiary alicyclic amines) is 1. The number of ether oxygens (including phenoxy) is 4. The molecule has 6 aliphatic heterocycles. The van der Waals surface area contributed by atoms with Gasteiger partial charge in [0.15, 0.2) is 11.4 Å². The van der Waals surface area contributed by atoms with E-state index in [-0.39, 0.29) is 61.9 Å². The van der Waals surface area contributed by atoms with Crippen molar-refractivity contribution in [2.45, 2.75) is 124 Å². The topological polar surface area (TPSA) is 228 Å². The number of Topliss-reactive ketones (excluding diaryl/α,β-unsaturated/α-hetero) is 1. The van der Waals surface area contributed by atoms with Crippen LogP contribution in [0.1, 0.15) is 95.4 Å². The van der Waals surface area contributed by atoms with Crippen LogP contribution in [0.15, 0.2) is 70.4 Å². The van der Waals surface area contributed by atoms with Crippen molar-refractivity contribution in [2.75, 3.05) is 45.2 Å². The fourth-order valence-corrected chi connectivity index (χ4v) is 11.7. The van der Waals surface area contributed by atoms with Gasteiger partial charge in [-0.1, -0.05) is 78.0 Å². The highest BCUT2D eigenvalue weighted by molar-refractivity contribution is 6.19. The van der Waals surface area contributed by atoms with E-state index in [9.17, 15) is 34.8 Å². The Morgan fingerprint density at radius 1 is 0.919 bits per heavy atom. The monoisotopic (exact) mass is 1020 g/mol. The van der Waals surface area contributed by atoms with Gasteiger partial charge in [-0.3, -0.25) is 29.3 Å². The van der Waals surface area contributed by atoms with Gasteiger partial charge < -0.3 is 54.6 Å². The number of aliphatic hydroxyl groups excluding tert-OH is 2. The second-order valence-corrected chi connectivity index (χ2v) is 21.9. The molecule has 1 spiro atoms. The third kappa shape index (κ3) is 9.61. The molecule has 17 nitrogen and oxygen atoms in total. The number of para-hydroxylation sites is 1. The van der Waals surface area contributed by atoms with E-state index in [2.05, 4.69) is 35.1 Å². The number of amides is 1. The molecule has 6 aliphatic rings. The van der Waals surface area contributed by atoms with E-state index in [1.807, 2.05) is 30.0 Å². The number of aromatic hydroxyl groups is 2. The number of hydrogen-bond donors (Lipinski definition) is 6. The number of phenolic OH excluding ortho intramolecular Hbond substituents is 2. The second-order valence-electron chi connectivity index (χ2n) is 21.9. The van der Waals surface area contributed by atoms with Crippen molar-refractivity contribution in [2.24, 2.45) is 39.6 Å². The van der Waals surface area contributed by atoms with Crippen LogP contribution in [0.5, 0.6) is 17.2 Å². The molecule has 0 aliphatic carbocycles. The maximum atomic E-state index is 15.0. The number of carbonyl (C=O) groups is 3. The zero-order chi connectivity index (χ0) is 53.1. The van der Waals surface area contributed by atoms with Crippen molar-refractivity contribution >= 4 is 45.0 Å². The number of aromatic amines is 1. The van der Waals surface area contributed by atoms with Crippen LogP contribution >= 0.6 is 0 Å². The van der Waals surface area contributed by atoms with Gasteiger partial charge in [-0.05, 0) is 37.5 Å². The molecule has 1 aromatic heterocycles. The summed E-state index contributed by atoms with van der Waals surface area (Å²) in [5, 5.41) is 52.4. The van der Waals surface area contributed by atoms with Crippen molar-refractivity contribution in [1.82, 2.24) is 14.8 Å². The van der Waals surface area contributed by atoms with Crippen molar-refractivity contribution in [3.05, 3.63) is 93.5 Å². The van der Waals surface area contributed by atoms with E-state index >= 15 is 0 Å². The average Bonchev–Trinajstić information content (AvgIpc) is 4.02. The summed E-state index contributed by atoms with van der Waals surface area (Å²) in [5.41, 5.74) is 2.74. The molecular formula is C57H72N6O11. The molecule has 3 aromatic carbocycles. The molecule has 5 bridgehead atoms. The molecule has 0 unspecified atom stereocenters. The molecule has 7 heterocycles. The summed E-state index contributed by atoms with van der Waals surface area (Å²) in [6, 6.07) is 8.10. The number of fused-ring (bicyclic) bond motifs is 16. The highest BCUT2D eigenvalue weighted by Gasteiger charge is 2.50. The maximum absolute atomic E-state index is 15.0. The molecule has 1 saturated heterocycles. The molecule has 1 fully saturated rings. The molecule has 74 heavy (non-hydrogen) atoms. The number of H-pyrrole nitrogens is 1. The van der Waals surface area contributed by atoms with Crippen LogP contribution in [0, 0.1) is 36.5 Å². The summed E-state index contributed by atoms with van der Waals surface area (Å²) in [7, 11) is 1.50. The number of esters is 1. The van der Waals surface area contributed by atoms with Gasteiger partial charge in [0.05, 0.1) is 47.4 Å². The van der Waals surface area contributed by atoms with Crippen LogP contribution in [0.4, 0.5) is 5.69 Å². The number of carbonyl (C=O) groups excluding carboxylic acids is 3. The number of aliphatic hydroxyl groups is 2. The predicted octanol–water partition coefficient (Wildman–Crippen LogP) is 6.27. The Morgan fingerprint density at radius 3 is 2.35 bits per heavy atom. The number of hydrogen-bond acceptors (Lipinski definition) is 15. The summed E-state index contributed by atoms with van der Waals surface area (Å²) < 4.78 is 25.1. The van der Waals surface area contributed by atoms with Crippen LogP contribution in [0.3, 0.4) is 0 Å². The first-order valence-electron chi connectivity index (χ1n) is 26.1. The van der Waals surface area contributed by atoms with Crippen molar-refractivity contribution in [1.29, 1.82) is 0 Å². The standard InChI is InChI=1S/C57H72N6O11/c1-29(2)26-62-23-20-57(21-24-62)60-45-42-43-50(67)35(8)53-44(42)54(69)56(9,74-53)72-25-19-40(71-10)32(5)52(73-41(64)28-63-22-18-39-37(27-63)36-16-11-12-17-38(36)58-39)34(7)49(66)33(6)48(65)30(3)14-13-15-31(4)55(70)59-47(51(43)68)46(45)61-57/h11-17,19,25,29-30,32-34,40,48-49,52,58,65-68H,18,20-24,26-28H2,1-10H3,(H,59,70)/b14-13+,25-19+,31-15-/t30-,32+,33+,34+,40-,48-,49+,52+,56-/m0/s1. The number of methoxy groups -OCH3 is 1. The summed E-state index contributed by atoms with van der Waals surface area (Å²) in [4.78, 5) is 61.5. The molecule has 4 aromatic rings. The molecule has 0 radical (unpaired) electrons. The Hall–Kier alpha value is -6.11. The lowest BCUT2D eigenvalue weighted by molar-refractivity contribution is -0.164. The summed E-state index contributed by atoms with van der Waals surface area (Å²) in [6.07, 6.45) is 5.66. The number of phenols is 2. The van der Waals surface area contributed by atoms with Crippen LogP contribution < -0.4 is 20.8 Å². The van der Waals surface area contributed by atoms with E-state index in [0.29, 0.717) is 44.9 Å². The van der Waals surface area contributed by atoms with Crippen molar-refractivity contribution in [3.8, 4) is 17.2 Å². The van der Waals surface area contributed by atoms with E-state index in [4.69, 9.17) is 28.9 Å². The minimum atomic E-state index is -1.99. The summed E-state index contributed by atoms with van der Waals surface area (Å²) in [5.74, 6) is -6.61. The number of rotatable bonds is 6. The smallest absolute Gasteiger partial charge is 0.320 e. The quantitative estimate of drug-likeness (QED) is 0.0926. The predicted molar refractivity (Wildman–Crippen MR) is 279 cm³/mol. The number of allylic oxidation sites excluding steroid dienone is 2. The molecule has 10 rings (SSSR count). The first-order valence-corrected chi connectivity index (χ1v) is 26.1. The Morgan fingerprint density at radius 2 is 1.64 bits per heavy atom. The Labute approximate surface area is 431 Å². The third-order valence-corrected chi connectivity index (χ3v) is 16.2. The van der Waals surface area contributed by atoms with Crippen molar-refractivity contribution < 1.29 is 53.8 Å². The fourth-order valence-electron chi connectivity index (χ4n) is 11.7. The van der Waals surface area contributed by atoms with Crippen LogP contribution in [0.2, 0.25) is 0 Å². The van der Waals surface area contributed by atoms with Gasteiger partial charge in [-0.25, -0.2) is 0 Å². The van der Waals surface area contributed by atoms with Crippen LogP contribution in [0.25, 0.3) is 21.7 Å². The lowest BCUT2D eigenvalue weighted by Gasteiger charge is -2.38. The van der Waals surface area contributed by atoms with E-state index in [1.54, 1.807) is 58.9 Å². The molecule has 1 amide bonds. The maximum Gasteiger partial charge on any atom is 0.320 e. The van der Waals surface area contributed by atoms with Gasteiger partial charge in [0.2, 0.25) is 0 Å². The molecular weight excluding hydrogens is 945 g/mol. The number of aromatic nitrogens is 1. The number of benzene rings is 3. The first-order chi connectivity index (χ1) is 35.2. The van der Waals surface area contributed by atoms with Gasteiger partial charge in [0.1, 0.15) is 28.6 Å². The molecule has 0 saturated carbocycles. The highest BCUT2D eigenvalue weighted by Crippen LogP contribution is 2.50. The fraction of sp³-hybridized carbons (Fsp3) is 0.526. The van der Waals surface area contributed by atoms with Gasteiger partial charge in [0.25, 0.3) is 11.7 Å². The van der Waals surface area contributed by atoms with Gasteiger partial charge >= 0.3 is 11.8 Å². The van der Waals surface area contributed by atoms with Gasteiger partial charge in [-0.2, -0.15) is 0 Å². The third-order valence-electron chi connectivity index (χ3n) is 16.2. The number of anilines is 1. The Balaban J connectivity index is 1.09. The summed E-state index contributed by atoms with van der Waals surface area (Å²) in [6.45, 7) is 19.6. The Bertz CT molecular complexity index is 3100. The normalized spacial score (nSPS) is 30.3. The molecule has 6 N–H and O–H groups in total. The lowest BCUT2D eigenvalue weighted by Crippen LogP contribution is -2.47. The zero-order valence-electron chi connectivity index (χ0n) is 44.2. The SMILES string of the molecule is CO[C@H]1/C=C/O[C@@]2(C)Oc3c(C)c(O)c4c(O)c(c5c(c4c3C2=O)=NC2(CCN(CC(C)C)CC2)N=5)NC(=O)/C(C)=C\C=C\[C@H](C)[C@H](O)[C@@H](C)[C@@H](O)[C@@H](C)[C@H](OC(=O)CN2CCc3[nH]c4ccccc4c3C2)[C@@H]1C. The van der Waals surface area contributed by atoms with Crippen LogP contribution in [-0.2, 0) is 36.8 Å². The van der Waals surface area contributed by atoms with Gasteiger partial charge in [-0.15, -0.1) is 0 Å². The number of piperidine rings is 1. The Kier molecular flexibility index (Phi) is 14.6. The van der Waals surface area contributed by atoms with E-state index in [0.717, 1.165) is 35.1 Å².